The van der Waals surface area contributed by atoms with Gasteiger partial charge in [0.05, 0.1) is 14.2 Å². The van der Waals surface area contributed by atoms with E-state index in [9.17, 15) is 9.59 Å². The highest BCUT2D eigenvalue weighted by Crippen LogP contribution is 2.37. The molecule has 4 nitrogen and oxygen atoms in total. The van der Waals surface area contributed by atoms with Crippen LogP contribution in [0.25, 0.3) is 0 Å². The van der Waals surface area contributed by atoms with Gasteiger partial charge in [0.2, 0.25) is 0 Å². The van der Waals surface area contributed by atoms with Crippen LogP contribution in [0, 0.1) is 17.8 Å². The van der Waals surface area contributed by atoms with Gasteiger partial charge < -0.3 is 9.47 Å². The maximum absolute atomic E-state index is 11.9. The van der Waals surface area contributed by atoms with Gasteiger partial charge in [-0.1, -0.05) is 31.9 Å². The van der Waals surface area contributed by atoms with Gasteiger partial charge in [-0.2, -0.15) is 0 Å². The number of allylic oxidation sites excluding steroid dienone is 2. The molecule has 1 rings (SSSR count). The zero-order valence-corrected chi connectivity index (χ0v) is 12.1. The molecule has 0 amide bonds. The van der Waals surface area contributed by atoms with Gasteiger partial charge in [0.25, 0.3) is 0 Å². The highest BCUT2D eigenvalue weighted by Gasteiger charge is 2.41. The number of hydrogen-bond acceptors (Lipinski definition) is 4. The van der Waals surface area contributed by atoms with Crippen LogP contribution in [0.5, 0.6) is 0 Å². The molecule has 1 aliphatic carbocycles. The van der Waals surface area contributed by atoms with E-state index >= 15 is 0 Å². The van der Waals surface area contributed by atoms with E-state index in [0.29, 0.717) is 0 Å². The molecule has 108 valence electrons. The van der Waals surface area contributed by atoms with Crippen molar-refractivity contribution in [3.8, 4) is 0 Å². The third-order valence-electron chi connectivity index (χ3n) is 3.83. The Bertz CT molecular complexity index is 319. The number of ether oxygens (including phenoxy) is 2. The largest absolute Gasteiger partial charge is 0.468 e. The summed E-state index contributed by atoms with van der Waals surface area (Å²) < 4.78 is 9.55. The van der Waals surface area contributed by atoms with E-state index in [0.717, 1.165) is 32.1 Å². The Morgan fingerprint density at radius 1 is 1.16 bits per heavy atom. The molecule has 0 unspecified atom stereocenters. The molecule has 0 heterocycles. The maximum atomic E-state index is 11.9. The molecule has 0 radical (unpaired) electrons. The number of carbonyl (C=O) groups excluding carboxylic acids is 2. The summed E-state index contributed by atoms with van der Waals surface area (Å²) in [7, 11) is 2.63. The smallest absolute Gasteiger partial charge is 0.320 e. The van der Waals surface area contributed by atoms with Crippen molar-refractivity contribution in [2.45, 2.75) is 39.0 Å². The maximum Gasteiger partial charge on any atom is 0.320 e. The fourth-order valence-corrected chi connectivity index (χ4v) is 2.85. The molecule has 4 heteroatoms. The summed E-state index contributed by atoms with van der Waals surface area (Å²) in [6, 6.07) is 0. The average molecular weight is 268 g/mol. The Labute approximate surface area is 115 Å². The molecule has 19 heavy (non-hydrogen) atoms. The number of rotatable bonds is 5. The Kier molecular flexibility index (Phi) is 6.60. The van der Waals surface area contributed by atoms with Gasteiger partial charge in [-0.05, 0) is 31.1 Å². The van der Waals surface area contributed by atoms with Crippen LogP contribution >= 0.6 is 0 Å². The van der Waals surface area contributed by atoms with Gasteiger partial charge in [0.1, 0.15) is 0 Å². The molecule has 2 atom stereocenters. The Hall–Kier alpha value is -1.32. The minimum Gasteiger partial charge on any atom is -0.468 e. The van der Waals surface area contributed by atoms with Crippen LogP contribution in [0.2, 0.25) is 0 Å². The minimum absolute atomic E-state index is 0.00329. The van der Waals surface area contributed by atoms with Crippen molar-refractivity contribution < 1.29 is 19.1 Å². The number of methoxy groups -OCH3 is 2. The molecule has 1 aliphatic rings. The molecule has 0 aromatic heterocycles. The van der Waals surface area contributed by atoms with E-state index in [2.05, 4.69) is 19.1 Å². The monoisotopic (exact) mass is 268 g/mol. The Balaban J connectivity index is 2.92. The lowest BCUT2D eigenvalue weighted by Crippen LogP contribution is -2.38. The molecule has 0 aromatic carbocycles. The molecule has 1 saturated carbocycles. The van der Waals surface area contributed by atoms with Gasteiger partial charge in [-0.15, -0.1) is 0 Å². The van der Waals surface area contributed by atoms with Crippen LogP contribution in [-0.4, -0.2) is 26.2 Å². The SMILES string of the molecule is CC/C=C\[C@@H]1CCCC[C@H]1C(C(=O)OC)C(=O)OC. The summed E-state index contributed by atoms with van der Waals surface area (Å²) in [5, 5.41) is 0. The minimum atomic E-state index is -0.790. The average Bonchev–Trinajstić information content (AvgIpc) is 2.45. The normalized spacial score (nSPS) is 23.6. The quantitative estimate of drug-likeness (QED) is 0.437. The van der Waals surface area contributed by atoms with Gasteiger partial charge in [0.15, 0.2) is 5.92 Å². The zero-order chi connectivity index (χ0) is 14.3. The van der Waals surface area contributed by atoms with E-state index in [1.807, 2.05) is 0 Å². The zero-order valence-electron chi connectivity index (χ0n) is 12.1. The van der Waals surface area contributed by atoms with E-state index in [1.54, 1.807) is 0 Å². The summed E-state index contributed by atoms with van der Waals surface area (Å²) in [6.07, 6.45) is 9.29. The molecule has 0 N–H and O–H groups in total. The first-order valence-electron chi connectivity index (χ1n) is 6.98. The van der Waals surface area contributed by atoms with Crippen LogP contribution in [0.15, 0.2) is 12.2 Å². The van der Waals surface area contributed by atoms with Crippen molar-refractivity contribution in [2.75, 3.05) is 14.2 Å². The second-order valence-corrected chi connectivity index (χ2v) is 4.97. The fourth-order valence-electron chi connectivity index (χ4n) is 2.85. The van der Waals surface area contributed by atoms with Gasteiger partial charge >= 0.3 is 11.9 Å². The predicted octanol–water partition coefficient (Wildman–Crippen LogP) is 2.72. The first-order valence-corrected chi connectivity index (χ1v) is 6.98. The van der Waals surface area contributed by atoms with Crippen LogP contribution < -0.4 is 0 Å². The first-order chi connectivity index (χ1) is 9.15. The van der Waals surface area contributed by atoms with E-state index in [4.69, 9.17) is 9.47 Å². The van der Waals surface area contributed by atoms with E-state index in [-0.39, 0.29) is 11.8 Å². The standard InChI is InChI=1S/C15H24O4/c1-4-5-8-11-9-6-7-10-12(11)13(14(16)18-2)15(17)19-3/h5,8,11-13H,4,6-7,9-10H2,1-3H3/b8-5-/t11-,12-/m1/s1. The molecular weight excluding hydrogens is 244 g/mol. The van der Waals surface area contributed by atoms with Gasteiger partial charge in [-0.3, -0.25) is 9.59 Å². The second kappa shape index (κ2) is 7.97. The highest BCUT2D eigenvalue weighted by atomic mass is 16.5. The second-order valence-electron chi connectivity index (χ2n) is 4.97. The number of hydrogen-bond donors (Lipinski definition) is 0. The molecular formula is C15H24O4. The number of carbonyl (C=O) groups is 2. The molecule has 0 aliphatic heterocycles. The van der Waals surface area contributed by atoms with Crippen molar-refractivity contribution in [3.05, 3.63) is 12.2 Å². The van der Waals surface area contributed by atoms with Crippen molar-refractivity contribution in [3.63, 3.8) is 0 Å². The molecule has 0 spiro atoms. The van der Waals surface area contributed by atoms with Crippen molar-refractivity contribution >= 4 is 11.9 Å². The third kappa shape index (κ3) is 4.08. The fraction of sp³-hybridized carbons (Fsp3) is 0.733. The summed E-state index contributed by atoms with van der Waals surface area (Å²) in [5.74, 6) is -1.49. The topological polar surface area (TPSA) is 52.6 Å². The summed E-state index contributed by atoms with van der Waals surface area (Å²) in [4.78, 5) is 23.8. The lowest BCUT2D eigenvalue weighted by Gasteiger charge is -2.33. The highest BCUT2D eigenvalue weighted by molar-refractivity contribution is 5.95. The molecule has 1 fully saturated rings. The third-order valence-corrected chi connectivity index (χ3v) is 3.83. The van der Waals surface area contributed by atoms with Crippen LogP contribution in [0.3, 0.4) is 0 Å². The summed E-state index contributed by atoms with van der Waals surface area (Å²) in [6.45, 7) is 2.08. The molecule has 0 saturated heterocycles. The van der Waals surface area contributed by atoms with Crippen LogP contribution in [0.1, 0.15) is 39.0 Å². The van der Waals surface area contributed by atoms with Crippen molar-refractivity contribution in [1.29, 1.82) is 0 Å². The Morgan fingerprint density at radius 3 is 2.26 bits per heavy atom. The van der Waals surface area contributed by atoms with Crippen molar-refractivity contribution in [2.24, 2.45) is 17.8 Å². The van der Waals surface area contributed by atoms with Gasteiger partial charge in [0, 0.05) is 0 Å². The number of esters is 2. The van der Waals surface area contributed by atoms with E-state index in [1.165, 1.54) is 14.2 Å². The van der Waals surface area contributed by atoms with Crippen molar-refractivity contribution in [1.82, 2.24) is 0 Å². The van der Waals surface area contributed by atoms with Crippen LogP contribution in [0.4, 0.5) is 0 Å². The van der Waals surface area contributed by atoms with E-state index < -0.39 is 17.9 Å². The molecule has 0 aromatic rings. The Morgan fingerprint density at radius 2 is 1.74 bits per heavy atom. The van der Waals surface area contributed by atoms with Crippen LogP contribution in [-0.2, 0) is 19.1 Å². The first kappa shape index (κ1) is 15.7. The summed E-state index contributed by atoms with van der Waals surface area (Å²) in [5.41, 5.74) is 0. The lowest BCUT2D eigenvalue weighted by molar-refractivity contribution is -0.163. The predicted molar refractivity (Wildman–Crippen MR) is 72.4 cm³/mol. The lowest BCUT2D eigenvalue weighted by atomic mass is 9.72. The summed E-state index contributed by atoms with van der Waals surface area (Å²) >= 11 is 0. The van der Waals surface area contributed by atoms with Gasteiger partial charge in [-0.25, -0.2) is 0 Å². The molecule has 0 bridgehead atoms.